The van der Waals surface area contributed by atoms with Crippen LogP contribution in [0.5, 0.6) is 0 Å². The van der Waals surface area contributed by atoms with Crippen LogP contribution in [0.2, 0.25) is 0 Å². The molecule has 32 heavy (non-hydrogen) atoms. The molecule has 0 amide bonds. The van der Waals surface area contributed by atoms with Crippen LogP contribution in [0.15, 0.2) is 42.6 Å². The van der Waals surface area contributed by atoms with Gasteiger partial charge in [0.15, 0.2) is 0 Å². The van der Waals surface area contributed by atoms with E-state index in [1.807, 2.05) is 6.07 Å². The van der Waals surface area contributed by atoms with Crippen molar-refractivity contribution >= 4 is 50.4 Å². The third kappa shape index (κ3) is 3.04. The number of aryl methyl sites for hydroxylation is 2. The number of benzene rings is 2. The number of ether oxygens (including phenoxy) is 1. The Balaban J connectivity index is 1.72. The topological polar surface area (TPSA) is 36.2 Å². The minimum Gasteiger partial charge on any atom is -0.465 e. The summed E-state index contributed by atoms with van der Waals surface area (Å²) >= 11 is 2.47. The summed E-state index contributed by atoms with van der Waals surface area (Å²) in [5.74, 6) is 0.307. The standard InChI is InChI=1S/C27H27IN2O2/c1-32-27(31)18-11-12-20-23(15-18)30-14-6-13-29-16-22(28)19-9-5-10-21(25(19)29)26(30)24(20)17-7-3-2-4-8-17/h5,9-12,15-17H,2-4,6-8,13-14H2,1H3. The largest absolute Gasteiger partial charge is 0.465 e. The molecule has 6 rings (SSSR count). The minimum atomic E-state index is -0.266. The number of hydrogen-bond donors (Lipinski definition) is 0. The van der Waals surface area contributed by atoms with Crippen LogP contribution in [0.1, 0.15) is 60.4 Å². The van der Waals surface area contributed by atoms with Crippen LogP contribution in [-0.2, 0) is 17.8 Å². The van der Waals surface area contributed by atoms with Crippen molar-refractivity contribution < 1.29 is 9.53 Å². The first-order chi connectivity index (χ1) is 15.7. The van der Waals surface area contributed by atoms with Crippen molar-refractivity contribution in [3.05, 3.63) is 57.3 Å². The lowest BCUT2D eigenvalue weighted by molar-refractivity contribution is 0.0601. The van der Waals surface area contributed by atoms with Crippen molar-refractivity contribution in [1.29, 1.82) is 0 Å². The molecule has 1 aliphatic carbocycles. The maximum Gasteiger partial charge on any atom is 0.337 e. The molecule has 4 aromatic rings. The Labute approximate surface area is 201 Å². The third-order valence-electron chi connectivity index (χ3n) is 7.42. The highest BCUT2D eigenvalue weighted by Crippen LogP contribution is 2.46. The van der Waals surface area contributed by atoms with E-state index in [2.05, 4.69) is 68.3 Å². The second kappa shape index (κ2) is 7.94. The molecule has 0 bridgehead atoms. The Bertz CT molecular complexity index is 1360. The summed E-state index contributed by atoms with van der Waals surface area (Å²) in [6.45, 7) is 1.96. The van der Waals surface area contributed by atoms with E-state index in [-0.39, 0.29) is 5.97 Å². The number of aromatic nitrogens is 2. The number of rotatable bonds is 2. The smallest absolute Gasteiger partial charge is 0.337 e. The van der Waals surface area contributed by atoms with E-state index < -0.39 is 0 Å². The van der Waals surface area contributed by atoms with Gasteiger partial charge in [0.25, 0.3) is 0 Å². The fraction of sp³-hybridized carbons (Fsp3) is 0.370. The molecule has 164 valence electrons. The van der Waals surface area contributed by atoms with Gasteiger partial charge in [0.1, 0.15) is 0 Å². The molecular weight excluding hydrogens is 511 g/mol. The van der Waals surface area contributed by atoms with Gasteiger partial charge in [-0.3, -0.25) is 0 Å². The normalized spacial score (nSPS) is 16.7. The summed E-state index contributed by atoms with van der Waals surface area (Å²) in [5.41, 5.74) is 7.36. The third-order valence-corrected chi connectivity index (χ3v) is 8.28. The summed E-state index contributed by atoms with van der Waals surface area (Å²) in [7, 11) is 1.46. The number of esters is 1. The second-order valence-electron chi connectivity index (χ2n) is 9.20. The highest BCUT2D eigenvalue weighted by atomic mass is 127. The van der Waals surface area contributed by atoms with Crippen LogP contribution < -0.4 is 0 Å². The van der Waals surface area contributed by atoms with Crippen molar-refractivity contribution in [2.24, 2.45) is 0 Å². The summed E-state index contributed by atoms with van der Waals surface area (Å²) in [6.07, 6.45) is 9.82. The maximum atomic E-state index is 12.3. The summed E-state index contributed by atoms with van der Waals surface area (Å²) in [5, 5.41) is 2.65. The fourth-order valence-corrected chi connectivity index (χ4v) is 6.80. The fourth-order valence-electron chi connectivity index (χ4n) is 6.03. The van der Waals surface area contributed by atoms with Gasteiger partial charge in [-0.2, -0.15) is 0 Å². The second-order valence-corrected chi connectivity index (χ2v) is 10.4. The molecule has 0 atom stereocenters. The number of carbonyl (C=O) groups excluding carboxylic acids is 1. The number of fused-ring (bicyclic) bond motifs is 4. The van der Waals surface area contributed by atoms with Gasteiger partial charge in [-0.15, -0.1) is 0 Å². The first-order valence-electron chi connectivity index (χ1n) is 11.7. The van der Waals surface area contributed by atoms with E-state index >= 15 is 0 Å². The van der Waals surface area contributed by atoms with E-state index in [9.17, 15) is 4.79 Å². The first kappa shape index (κ1) is 20.3. The van der Waals surface area contributed by atoms with Crippen molar-refractivity contribution in [3.8, 4) is 11.3 Å². The Hall–Kier alpha value is -2.28. The van der Waals surface area contributed by atoms with Crippen LogP contribution in [-0.4, -0.2) is 22.2 Å². The Morgan fingerprint density at radius 3 is 2.69 bits per heavy atom. The van der Waals surface area contributed by atoms with Gasteiger partial charge in [-0.05, 0) is 65.5 Å². The van der Waals surface area contributed by atoms with Gasteiger partial charge in [0, 0.05) is 44.7 Å². The number of carbonyl (C=O) groups is 1. The van der Waals surface area contributed by atoms with Crippen LogP contribution >= 0.6 is 22.6 Å². The molecule has 3 heterocycles. The van der Waals surface area contributed by atoms with Crippen LogP contribution in [0.3, 0.4) is 0 Å². The van der Waals surface area contributed by atoms with Gasteiger partial charge in [0.2, 0.25) is 0 Å². The molecule has 1 saturated carbocycles. The lowest BCUT2D eigenvalue weighted by Crippen LogP contribution is -2.11. The first-order valence-corrected chi connectivity index (χ1v) is 12.8. The Morgan fingerprint density at radius 1 is 1.03 bits per heavy atom. The molecule has 0 saturated heterocycles. The van der Waals surface area contributed by atoms with Crippen molar-refractivity contribution in [2.45, 2.75) is 57.5 Å². The van der Waals surface area contributed by atoms with Crippen molar-refractivity contribution in [1.82, 2.24) is 9.13 Å². The zero-order chi connectivity index (χ0) is 21.8. The molecule has 5 heteroatoms. The molecule has 2 aromatic heterocycles. The molecule has 0 spiro atoms. The molecule has 0 radical (unpaired) electrons. The molecule has 0 unspecified atom stereocenters. The number of para-hydroxylation sites is 1. The molecule has 1 fully saturated rings. The average molecular weight is 538 g/mol. The van der Waals surface area contributed by atoms with Gasteiger partial charge >= 0.3 is 5.97 Å². The molecule has 4 nitrogen and oxygen atoms in total. The molecule has 1 aliphatic heterocycles. The van der Waals surface area contributed by atoms with Crippen LogP contribution in [0.25, 0.3) is 33.1 Å². The number of hydrogen-bond acceptors (Lipinski definition) is 2. The Morgan fingerprint density at radius 2 is 1.88 bits per heavy atom. The zero-order valence-electron chi connectivity index (χ0n) is 18.4. The van der Waals surface area contributed by atoms with Gasteiger partial charge in [-0.25, -0.2) is 4.79 Å². The quantitative estimate of drug-likeness (QED) is 0.202. The highest BCUT2D eigenvalue weighted by molar-refractivity contribution is 14.1. The van der Waals surface area contributed by atoms with Crippen LogP contribution in [0.4, 0.5) is 0 Å². The minimum absolute atomic E-state index is 0.266. The van der Waals surface area contributed by atoms with Gasteiger partial charge in [0.05, 0.1) is 23.9 Å². The number of nitrogens with zero attached hydrogens (tertiary/aromatic N) is 2. The van der Waals surface area contributed by atoms with Gasteiger partial charge in [-0.1, -0.05) is 43.5 Å². The predicted molar refractivity (Wildman–Crippen MR) is 137 cm³/mol. The lowest BCUT2D eigenvalue weighted by atomic mass is 9.81. The molecule has 0 N–H and O–H groups in total. The predicted octanol–water partition coefficient (Wildman–Crippen LogP) is 7.11. The van der Waals surface area contributed by atoms with Crippen LogP contribution in [0, 0.1) is 3.57 Å². The number of halogens is 1. The molecule has 2 aliphatic rings. The zero-order valence-corrected chi connectivity index (χ0v) is 20.5. The maximum absolute atomic E-state index is 12.3. The van der Waals surface area contributed by atoms with E-state index in [4.69, 9.17) is 4.74 Å². The summed E-state index contributed by atoms with van der Waals surface area (Å²) in [6, 6.07) is 12.9. The van der Waals surface area contributed by atoms with E-state index in [1.54, 1.807) is 0 Å². The lowest BCUT2D eigenvalue weighted by Gasteiger charge is -2.25. The highest BCUT2D eigenvalue weighted by Gasteiger charge is 2.29. The average Bonchev–Trinajstić information content (AvgIpc) is 3.32. The van der Waals surface area contributed by atoms with E-state index in [1.165, 1.54) is 81.4 Å². The van der Waals surface area contributed by atoms with E-state index in [0.717, 1.165) is 19.5 Å². The van der Waals surface area contributed by atoms with Crippen molar-refractivity contribution in [2.75, 3.05) is 7.11 Å². The molecular formula is C27H27IN2O2. The summed E-state index contributed by atoms with van der Waals surface area (Å²) < 4.78 is 11.3. The SMILES string of the molecule is COC(=O)c1ccc2c(C3CCCCC3)c3n(c2c1)CCCn1cc(I)c2cccc-3c21. The Kier molecular flexibility index (Phi) is 5.05. The monoisotopic (exact) mass is 538 g/mol. The summed E-state index contributed by atoms with van der Waals surface area (Å²) in [4.78, 5) is 12.3. The van der Waals surface area contributed by atoms with E-state index in [0.29, 0.717) is 11.5 Å². The van der Waals surface area contributed by atoms with Gasteiger partial charge < -0.3 is 13.9 Å². The number of methoxy groups -OCH3 is 1. The molecule has 2 aromatic carbocycles. The van der Waals surface area contributed by atoms with Crippen molar-refractivity contribution in [3.63, 3.8) is 0 Å².